The third-order valence-electron chi connectivity index (χ3n) is 2.10. The summed E-state index contributed by atoms with van der Waals surface area (Å²) >= 11 is 12.3. The molecule has 1 heterocycles. The maximum atomic E-state index is 10.9. The van der Waals surface area contributed by atoms with Crippen molar-refractivity contribution in [2.45, 2.75) is 0 Å². The van der Waals surface area contributed by atoms with E-state index < -0.39 is 4.92 Å². The second-order valence-corrected chi connectivity index (χ2v) is 5.62. The van der Waals surface area contributed by atoms with Gasteiger partial charge in [0.25, 0.3) is 0 Å². The van der Waals surface area contributed by atoms with E-state index in [1.54, 1.807) is 6.07 Å². The van der Waals surface area contributed by atoms with Gasteiger partial charge in [-0.1, -0.05) is 11.6 Å². The minimum Gasteiger partial charge on any atom is -0.431 e. The number of ether oxygens (including phenoxy) is 1. The predicted molar refractivity (Wildman–Crippen MR) is 77.8 cm³/mol. The number of hydrogen-bond acceptors (Lipinski definition) is 4. The Labute approximate surface area is 130 Å². The van der Waals surface area contributed by atoms with E-state index in [9.17, 15) is 10.1 Å². The molecule has 0 unspecified atom stereocenters. The molecule has 0 saturated heterocycles. The molecule has 2 aromatic rings. The molecule has 0 aliphatic heterocycles. The quantitative estimate of drug-likeness (QED) is 0.532. The van der Waals surface area contributed by atoms with Crippen molar-refractivity contribution in [2.75, 3.05) is 0 Å². The molecule has 5 nitrogen and oxygen atoms in total. The van der Waals surface area contributed by atoms with Gasteiger partial charge < -0.3 is 4.74 Å². The number of aromatic nitrogens is 1. The molecule has 2 rings (SSSR count). The summed E-state index contributed by atoms with van der Waals surface area (Å²) in [5.74, 6) is 0.251. The molecule has 0 atom stereocenters. The van der Waals surface area contributed by atoms with E-state index in [1.807, 2.05) is 0 Å². The fourth-order valence-electron chi connectivity index (χ4n) is 1.30. The van der Waals surface area contributed by atoms with Crippen molar-refractivity contribution in [3.05, 3.63) is 54.5 Å². The molecule has 0 aliphatic carbocycles. The largest absolute Gasteiger partial charge is 0.431 e. The first kappa shape index (κ1) is 14.2. The number of nitro groups is 1. The highest BCUT2D eigenvalue weighted by molar-refractivity contribution is 9.11. The highest BCUT2D eigenvalue weighted by atomic mass is 79.9. The lowest BCUT2D eigenvalue weighted by atomic mass is 10.3. The molecule has 0 fully saturated rings. The van der Waals surface area contributed by atoms with Gasteiger partial charge in [-0.15, -0.1) is 0 Å². The third kappa shape index (κ3) is 3.43. The smallest absolute Gasteiger partial charge is 0.311 e. The van der Waals surface area contributed by atoms with Crippen LogP contribution in [0.2, 0.25) is 5.02 Å². The average Bonchev–Trinajstić information content (AvgIpc) is 2.32. The van der Waals surface area contributed by atoms with Crippen molar-refractivity contribution in [2.24, 2.45) is 0 Å². The van der Waals surface area contributed by atoms with Crippen molar-refractivity contribution >= 4 is 49.1 Å². The van der Waals surface area contributed by atoms with Gasteiger partial charge in [0, 0.05) is 27.8 Å². The van der Waals surface area contributed by atoms with Crippen LogP contribution in [0.3, 0.4) is 0 Å². The summed E-state index contributed by atoms with van der Waals surface area (Å²) in [7, 11) is 0. The van der Waals surface area contributed by atoms with Crippen LogP contribution in [0.4, 0.5) is 5.69 Å². The van der Waals surface area contributed by atoms with Crippen LogP contribution in [0.25, 0.3) is 0 Å². The Kier molecular flexibility index (Phi) is 4.38. The zero-order valence-corrected chi connectivity index (χ0v) is 13.1. The van der Waals surface area contributed by atoms with Gasteiger partial charge >= 0.3 is 5.69 Å². The standard InChI is InChI=1S/C11H5Br2ClN2O3/c12-6-3-8(13)11(15-5-6)19-10-4-7(14)1-2-9(10)16(17)18/h1-5H. The van der Waals surface area contributed by atoms with Crippen molar-refractivity contribution in [3.8, 4) is 11.6 Å². The lowest BCUT2D eigenvalue weighted by molar-refractivity contribution is -0.385. The summed E-state index contributed by atoms with van der Waals surface area (Å²) in [4.78, 5) is 14.4. The zero-order chi connectivity index (χ0) is 14.0. The van der Waals surface area contributed by atoms with E-state index in [0.717, 1.165) is 4.47 Å². The molecular weight excluding hydrogens is 403 g/mol. The minimum atomic E-state index is -0.543. The van der Waals surface area contributed by atoms with Crippen molar-refractivity contribution < 1.29 is 9.66 Å². The van der Waals surface area contributed by atoms with Crippen molar-refractivity contribution in [1.82, 2.24) is 4.98 Å². The Hall–Kier alpha value is -1.18. The zero-order valence-electron chi connectivity index (χ0n) is 9.14. The second kappa shape index (κ2) is 5.85. The van der Waals surface area contributed by atoms with Gasteiger partial charge in [0.2, 0.25) is 11.6 Å². The Morgan fingerprint density at radius 1 is 1.32 bits per heavy atom. The van der Waals surface area contributed by atoms with E-state index in [1.165, 1.54) is 24.4 Å². The number of nitro benzene ring substituents is 1. The van der Waals surface area contributed by atoms with Crippen LogP contribution >= 0.6 is 43.5 Å². The highest BCUT2D eigenvalue weighted by Gasteiger charge is 2.17. The number of halogens is 3. The minimum absolute atomic E-state index is 0.0352. The number of benzene rings is 1. The third-order valence-corrected chi connectivity index (χ3v) is 3.34. The summed E-state index contributed by atoms with van der Waals surface area (Å²) < 4.78 is 6.76. The van der Waals surface area contributed by atoms with Crippen LogP contribution in [0.15, 0.2) is 39.4 Å². The first-order valence-electron chi connectivity index (χ1n) is 4.90. The molecular formula is C11H5Br2ClN2O3. The summed E-state index contributed by atoms with van der Waals surface area (Å²) in [6.45, 7) is 0. The van der Waals surface area contributed by atoms with Crippen LogP contribution in [0, 0.1) is 10.1 Å². The van der Waals surface area contributed by atoms with E-state index >= 15 is 0 Å². The molecule has 0 bridgehead atoms. The molecule has 1 aromatic heterocycles. The summed E-state index contributed by atoms with van der Waals surface area (Å²) in [6, 6.07) is 5.80. The number of nitrogens with zero attached hydrogens (tertiary/aromatic N) is 2. The molecule has 0 radical (unpaired) electrons. The lowest BCUT2D eigenvalue weighted by Crippen LogP contribution is -1.95. The Bertz CT molecular complexity index is 652. The lowest BCUT2D eigenvalue weighted by Gasteiger charge is -2.07. The van der Waals surface area contributed by atoms with Gasteiger partial charge in [-0.25, -0.2) is 4.98 Å². The van der Waals surface area contributed by atoms with Gasteiger partial charge in [0.05, 0.1) is 9.40 Å². The predicted octanol–water partition coefficient (Wildman–Crippen LogP) is 4.96. The number of rotatable bonds is 3. The van der Waals surface area contributed by atoms with E-state index in [2.05, 4.69) is 36.8 Å². The fraction of sp³-hybridized carbons (Fsp3) is 0. The first-order valence-corrected chi connectivity index (χ1v) is 6.86. The van der Waals surface area contributed by atoms with Crippen LogP contribution in [-0.4, -0.2) is 9.91 Å². The molecule has 19 heavy (non-hydrogen) atoms. The van der Waals surface area contributed by atoms with Gasteiger partial charge in [-0.3, -0.25) is 10.1 Å². The second-order valence-electron chi connectivity index (χ2n) is 3.41. The molecule has 0 amide bonds. The van der Waals surface area contributed by atoms with Crippen LogP contribution < -0.4 is 4.74 Å². The van der Waals surface area contributed by atoms with Crippen LogP contribution in [0.5, 0.6) is 11.6 Å². The molecule has 98 valence electrons. The first-order chi connectivity index (χ1) is 8.97. The maximum absolute atomic E-state index is 10.9. The van der Waals surface area contributed by atoms with Gasteiger partial charge in [-0.05, 0) is 44.0 Å². The van der Waals surface area contributed by atoms with E-state index in [0.29, 0.717) is 9.50 Å². The fourth-order valence-corrected chi connectivity index (χ4v) is 2.53. The van der Waals surface area contributed by atoms with Crippen molar-refractivity contribution in [3.63, 3.8) is 0 Å². The SMILES string of the molecule is O=[N+]([O-])c1ccc(Cl)cc1Oc1ncc(Br)cc1Br. The van der Waals surface area contributed by atoms with Gasteiger partial charge in [0.15, 0.2) is 0 Å². The normalized spacial score (nSPS) is 10.3. The van der Waals surface area contributed by atoms with E-state index in [4.69, 9.17) is 16.3 Å². The van der Waals surface area contributed by atoms with Gasteiger partial charge in [-0.2, -0.15) is 0 Å². The van der Waals surface area contributed by atoms with Crippen molar-refractivity contribution in [1.29, 1.82) is 0 Å². The van der Waals surface area contributed by atoms with Crippen LogP contribution in [-0.2, 0) is 0 Å². The number of pyridine rings is 1. The molecule has 0 aliphatic rings. The molecule has 8 heteroatoms. The molecule has 0 spiro atoms. The molecule has 0 N–H and O–H groups in total. The summed E-state index contributed by atoms with van der Waals surface area (Å²) in [6.07, 6.45) is 1.52. The Morgan fingerprint density at radius 2 is 2.05 bits per heavy atom. The number of hydrogen-bond donors (Lipinski definition) is 0. The molecule has 1 aromatic carbocycles. The maximum Gasteiger partial charge on any atom is 0.311 e. The molecule has 0 saturated carbocycles. The Balaban J connectivity index is 2.42. The summed E-state index contributed by atoms with van der Waals surface area (Å²) in [5, 5.41) is 11.2. The summed E-state index contributed by atoms with van der Waals surface area (Å²) in [5.41, 5.74) is -0.180. The van der Waals surface area contributed by atoms with Crippen LogP contribution in [0.1, 0.15) is 0 Å². The average molecular weight is 408 g/mol. The highest BCUT2D eigenvalue weighted by Crippen LogP contribution is 2.36. The monoisotopic (exact) mass is 406 g/mol. The Morgan fingerprint density at radius 3 is 2.68 bits per heavy atom. The van der Waals surface area contributed by atoms with E-state index in [-0.39, 0.29) is 17.3 Å². The topological polar surface area (TPSA) is 65.3 Å². The van der Waals surface area contributed by atoms with Gasteiger partial charge in [0.1, 0.15) is 0 Å².